The van der Waals surface area contributed by atoms with E-state index in [0.717, 1.165) is 39.3 Å². The summed E-state index contributed by atoms with van der Waals surface area (Å²) in [5.74, 6) is -0.163. The van der Waals surface area contributed by atoms with Gasteiger partial charge in [0.2, 0.25) is 10.0 Å². The maximum Gasteiger partial charge on any atom is 0.243 e. The van der Waals surface area contributed by atoms with Gasteiger partial charge in [-0.15, -0.1) is 11.3 Å². The molecular formula is C25H23N3O3S2. The fraction of sp³-hybridized carbons (Fsp3) is 0.200. The first-order chi connectivity index (χ1) is 16.0. The SMILES string of the molecule is O=C(CNc1ccc(-c2nc3ccccc3s2)cc1)c1cccc(S(=O)(=O)N2CCCC2)c1. The van der Waals surface area contributed by atoms with Crippen molar-refractivity contribution in [3.63, 3.8) is 0 Å². The maximum atomic E-state index is 12.8. The number of carbonyl (C=O) groups is 1. The van der Waals surface area contributed by atoms with E-state index < -0.39 is 10.0 Å². The summed E-state index contributed by atoms with van der Waals surface area (Å²) >= 11 is 1.65. The van der Waals surface area contributed by atoms with Gasteiger partial charge < -0.3 is 5.32 Å². The lowest BCUT2D eigenvalue weighted by molar-refractivity contribution is 0.101. The Labute approximate surface area is 197 Å². The number of benzene rings is 3. The van der Waals surface area contributed by atoms with Gasteiger partial charge in [-0.3, -0.25) is 4.79 Å². The molecule has 1 aliphatic rings. The van der Waals surface area contributed by atoms with Crippen LogP contribution in [0.5, 0.6) is 0 Å². The molecule has 168 valence electrons. The van der Waals surface area contributed by atoms with E-state index in [0.29, 0.717) is 18.7 Å². The van der Waals surface area contributed by atoms with E-state index in [2.05, 4.69) is 16.4 Å². The Balaban J connectivity index is 1.25. The largest absolute Gasteiger partial charge is 0.378 e. The fourth-order valence-electron chi connectivity index (χ4n) is 3.92. The number of thiazole rings is 1. The van der Waals surface area contributed by atoms with Crippen LogP contribution in [-0.2, 0) is 10.0 Å². The van der Waals surface area contributed by atoms with Gasteiger partial charge in [0, 0.05) is 29.9 Å². The van der Waals surface area contributed by atoms with Crippen molar-refractivity contribution in [2.45, 2.75) is 17.7 Å². The zero-order chi connectivity index (χ0) is 22.8. The second-order valence-corrected chi connectivity index (χ2v) is 10.9. The van der Waals surface area contributed by atoms with Crippen LogP contribution in [0, 0.1) is 0 Å². The molecule has 0 amide bonds. The van der Waals surface area contributed by atoms with E-state index in [4.69, 9.17) is 0 Å². The smallest absolute Gasteiger partial charge is 0.243 e. The molecule has 0 unspecified atom stereocenters. The molecule has 5 rings (SSSR count). The standard InChI is InChI=1S/C25H23N3O3S2/c29-23(19-6-5-7-21(16-19)33(30,31)28-14-3-4-15-28)17-26-20-12-10-18(11-13-20)25-27-22-8-1-2-9-24(22)32-25/h1-2,5-13,16,26H,3-4,14-15,17H2. The summed E-state index contributed by atoms with van der Waals surface area (Å²) in [5, 5.41) is 4.09. The van der Waals surface area contributed by atoms with Crippen LogP contribution in [0.2, 0.25) is 0 Å². The molecule has 1 aromatic heterocycles. The summed E-state index contributed by atoms with van der Waals surface area (Å²) in [6.07, 6.45) is 1.75. The number of nitrogens with one attached hydrogen (secondary N) is 1. The number of anilines is 1. The van der Waals surface area contributed by atoms with Gasteiger partial charge in [-0.05, 0) is 61.4 Å². The third kappa shape index (κ3) is 4.55. The zero-order valence-electron chi connectivity index (χ0n) is 17.9. The molecule has 2 heterocycles. The second kappa shape index (κ2) is 9.05. The number of nitrogens with zero attached hydrogens (tertiary/aromatic N) is 2. The Morgan fingerprint density at radius 2 is 1.73 bits per heavy atom. The summed E-state index contributed by atoms with van der Waals surface area (Å²) < 4.78 is 28.2. The highest BCUT2D eigenvalue weighted by Crippen LogP contribution is 2.30. The van der Waals surface area contributed by atoms with Crippen LogP contribution < -0.4 is 5.32 Å². The summed E-state index contributed by atoms with van der Waals surface area (Å²) in [6, 6.07) is 22.2. The summed E-state index contributed by atoms with van der Waals surface area (Å²) in [6.45, 7) is 1.15. The van der Waals surface area contributed by atoms with E-state index in [9.17, 15) is 13.2 Å². The van der Waals surface area contributed by atoms with Gasteiger partial charge in [0.1, 0.15) is 5.01 Å². The molecule has 0 bridgehead atoms. The molecule has 0 atom stereocenters. The summed E-state index contributed by atoms with van der Waals surface area (Å²) in [7, 11) is -3.55. The number of aromatic nitrogens is 1. The molecule has 8 heteroatoms. The molecule has 0 aliphatic carbocycles. The Bertz CT molecular complexity index is 1370. The molecule has 1 N–H and O–H groups in total. The van der Waals surface area contributed by atoms with Crippen molar-refractivity contribution < 1.29 is 13.2 Å². The first-order valence-corrected chi connectivity index (χ1v) is 13.1. The molecule has 4 aromatic rings. The summed E-state index contributed by atoms with van der Waals surface area (Å²) in [4.78, 5) is 17.6. The van der Waals surface area contributed by atoms with E-state index in [1.54, 1.807) is 29.5 Å². The highest BCUT2D eigenvalue weighted by Gasteiger charge is 2.27. The van der Waals surface area contributed by atoms with Crippen LogP contribution in [0.1, 0.15) is 23.2 Å². The third-order valence-corrected chi connectivity index (χ3v) is 8.72. The Hall–Kier alpha value is -3.07. The molecule has 3 aromatic carbocycles. The number of fused-ring (bicyclic) bond motifs is 1. The van der Waals surface area contributed by atoms with E-state index >= 15 is 0 Å². The topological polar surface area (TPSA) is 79.4 Å². The van der Waals surface area contributed by atoms with Crippen molar-refractivity contribution in [3.05, 3.63) is 78.4 Å². The van der Waals surface area contributed by atoms with Crippen LogP contribution in [0.3, 0.4) is 0 Å². The molecule has 0 spiro atoms. The average molecular weight is 478 g/mol. The van der Waals surface area contributed by atoms with Crippen molar-refractivity contribution in [2.75, 3.05) is 25.0 Å². The van der Waals surface area contributed by atoms with E-state index in [1.807, 2.05) is 42.5 Å². The van der Waals surface area contributed by atoms with Gasteiger partial charge in [-0.25, -0.2) is 13.4 Å². The van der Waals surface area contributed by atoms with Crippen molar-refractivity contribution >= 4 is 43.0 Å². The number of ketones is 1. The van der Waals surface area contributed by atoms with Gasteiger partial charge in [-0.2, -0.15) is 4.31 Å². The van der Waals surface area contributed by atoms with Crippen LogP contribution in [-0.4, -0.2) is 43.1 Å². The first-order valence-electron chi connectivity index (χ1n) is 10.8. The minimum Gasteiger partial charge on any atom is -0.378 e. The molecule has 33 heavy (non-hydrogen) atoms. The minimum absolute atomic E-state index is 0.0771. The fourth-order valence-corrected chi connectivity index (χ4v) is 6.45. The van der Waals surface area contributed by atoms with Crippen LogP contribution in [0.4, 0.5) is 5.69 Å². The number of hydrogen-bond donors (Lipinski definition) is 1. The van der Waals surface area contributed by atoms with Crippen LogP contribution in [0.15, 0.2) is 77.7 Å². The average Bonchev–Trinajstić information content (AvgIpc) is 3.54. The van der Waals surface area contributed by atoms with Gasteiger partial charge in [0.25, 0.3) is 0 Å². The predicted molar refractivity (Wildman–Crippen MR) is 132 cm³/mol. The molecule has 1 saturated heterocycles. The van der Waals surface area contributed by atoms with E-state index in [1.165, 1.54) is 10.4 Å². The van der Waals surface area contributed by atoms with Gasteiger partial charge >= 0.3 is 0 Å². The number of Topliss-reactive ketones (excluding diaryl/α,β-unsaturated/α-hetero) is 1. The molecule has 6 nitrogen and oxygen atoms in total. The number of para-hydroxylation sites is 1. The van der Waals surface area contributed by atoms with Crippen molar-refractivity contribution in [1.82, 2.24) is 9.29 Å². The Kier molecular flexibility index (Phi) is 5.97. The maximum absolute atomic E-state index is 12.8. The van der Waals surface area contributed by atoms with Crippen molar-refractivity contribution in [2.24, 2.45) is 0 Å². The predicted octanol–water partition coefficient (Wildman–Crippen LogP) is 5.04. The van der Waals surface area contributed by atoms with Gasteiger partial charge in [0.15, 0.2) is 5.78 Å². The lowest BCUT2D eigenvalue weighted by atomic mass is 10.1. The second-order valence-electron chi connectivity index (χ2n) is 7.98. The first kappa shape index (κ1) is 21.8. The number of sulfonamides is 1. The van der Waals surface area contributed by atoms with Crippen molar-refractivity contribution in [1.29, 1.82) is 0 Å². The molecule has 0 radical (unpaired) electrons. The molecule has 0 saturated carbocycles. The number of hydrogen-bond acceptors (Lipinski definition) is 6. The molecular weight excluding hydrogens is 454 g/mol. The highest BCUT2D eigenvalue weighted by atomic mass is 32.2. The third-order valence-electron chi connectivity index (χ3n) is 5.74. The Morgan fingerprint density at radius 1 is 0.970 bits per heavy atom. The number of carbonyl (C=O) groups excluding carboxylic acids is 1. The van der Waals surface area contributed by atoms with Crippen LogP contribution >= 0.6 is 11.3 Å². The molecule has 1 fully saturated rings. The normalized spacial score (nSPS) is 14.5. The lowest BCUT2D eigenvalue weighted by Gasteiger charge is -2.16. The molecule has 1 aliphatic heterocycles. The van der Waals surface area contributed by atoms with Gasteiger partial charge in [-0.1, -0.05) is 24.3 Å². The highest BCUT2D eigenvalue weighted by molar-refractivity contribution is 7.89. The lowest BCUT2D eigenvalue weighted by Crippen LogP contribution is -2.28. The number of rotatable bonds is 7. The quantitative estimate of drug-likeness (QED) is 0.377. The zero-order valence-corrected chi connectivity index (χ0v) is 19.5. The summed E-state index contributed by atoms with van der Waals surface area (Å²) in [5.41, 5.74) is 3.20. The van der Waals surface area contributed by atoms with Crippen LogP contribution in [0.25, 0.3) is 20.8 Å². The Morgan fingerprint density at radius 3 is 2.48 bits per heavy atom. The monoisotopic (exact) mass is 477 g/mol. The minimum atomic E-state index is -3.55. The van der Waals surface area contributed by atoms with Crippen molar-refractivity contribution in [3.8, 4) is 10.6 Å². The van der Waals surface area contributed by atoms with E-state index in [-0.39, 0.29) is 17.2 Å². The van der Waals surface area contributed by atoms with Gasteiger partial charge in [0.05, 0.1) is 21.7 Å².